The van der Waals surface area contributed by atoms with Crippen molar-refractivity contribution in [3.63, 3.8) is 0 Å². The maximum atomic E-state index is 13.3. The van der Waals surface area contributed by atoms with Crippen LogP contribution in [0.25, 0.3) is 0 Å². The Bertz CT molecular complexity index is 1320. The Balaban J connectivity index is 1.59. The number of sulfonamides is 2. The lowest BCUT2D eigenvalue weighted by Crippen LogP contribution is -2.39. The molecule has 0 spiro atoms. The molecule has 11 heteroatoms. The number of hydrogen-bond donors (Lipinski definition) is 1. The number of nitrogens with one attached hydrogen (secondary N) is 1. The fraction of sp³-hybridized carbons (Fsp3) is 0.480. The molecule has 0 bridgehead atoms. The monoisotopic (exact) mass is 534 g/mol. The quantitative estimate of drug-likeness (QED) is 0.585. The zero-order valence-corrected chi connectivity index (χ0v) is 22.6. The predicted octanol–water partition coefficient (Wildman–Crippen LogP) is 3.21. The number of amides is 1. The summed E-state index contributed by atoms with van der Waals surface area (Å²) < 4.78 is 54.1. The number of nitrogens with zero attached hydrogens (tertiary/aromatic N) is 3. The van der Waals surface area contributed by atoms with E-state index in [2.05, 4.69) is 17.1 Å². The number of anilines is 2. The van der Waals surface area contributed by atoms with Crippen LogP contribution >= 0.6 is 0 Å². The second-order valence-electron chi connectivity index (χ2n) is 9.75. The zero-order valence-electron chi connectivity index (χ0n) is 21.0. The summed E-state index contributed by atoms with van der Waals surface area (Å²) in [6.07, 6.45) is 3.87. The van der Waals surface area contributed by atoms with Crippen LogP contribution in [0.15, 0.2) is 52.3 Å². The van der Waals surface area contributed by atoms with Crippen molar-refractivity contribution < 1.29 is 21.6 Å². The number of carbonyl (C=O) groups excluding carboxylic acids is 1. The summed E-state index contributed by atoms with van der Waals surface area (Å²) in [5.74, 6) is -0.128. The van der Waals surface area contributed by atoms with Gasteiger partial charge in [0.25, 0.3) is 5.91 Å². The third-order valence-corrected chi connectivity index (χ3v) is 10.5. The Morgan fingerprint density at radius 2 is 1.56 bits per heavy atom. The minimum Gasteiger partial charge on any atom is -0.371 e. The molecular weight excluding hydrogens is 500 g/mol. The molecule has 0 saturated carbocycles. The van der Waals surface area contributed by atoms with Gasteiger partial charge in [-0.15, -0.1) is 0 Å². The lowest BCUT2D eigenvalue weighted by atomic mass is 10.0. The van der Waals surface area contributed by atoms with E-state index in [1.54, 1.807) is 18.2 Å². The summed E-state index contributed by atoms with van der Waals surface area (Å²) in [5, 5.41) is 2.81. The van der Waals surface area contributed by atoms with Gasteiger partial charge in [0.2, 0.25) is 20.0 Å². The van der Waals surface area contributed by atoms with E-state index < -0.39 is 26.0 Å². The van der Waals surface area contributed by atoms with Crippen LogP contribution in [0.4, 0.5) is 11.4 Å². The molecule has 1 amide bonds. The third-order valence-electron chi connectivity index (χ3n) is 6.81. The van der Waals surface area contributed by atoms with Gasteiger partial charge in [0.15, 0.2) is 0 Å². The highest BCUT2D eigenvalue weighted by atomic mass is 32.2. The van der Waals surface area contributed by atoms with Crippen LogP contribution in [0, 0.1) is 5.92 Å². The first-order valence-electron chi connectivity index (χ1n) is 12.2. The highest BCUT2D eigenvalue weighted by Gasteiger charge is 2.29. The van der Waals surface area contributed by atoms with Crippen molar-refractivity contribution in [3.8, 4) is 0 Å². The summed E-state index contributed by atoms with van der Waals surface area (Å²) >= 11 is 0. The van der Waals surface area contributed by atoms with E-state index in [1.807, 2.05) is 0 Å². The van der Waals surface area contributed by atoms with E-state index in [0.29, 0.717) is 30.4 Å². The van der Waals surface area contributed by atoms with Gasteiger partial charge in [-0.25, -0.2) is 21.1 Å². The first kappa shape index (κ1) is 26.6. The van der Waals surface area contributed by atoms with Crippen molar-refractivity contribution in [2.45, 2.75) is 42.4 Å². The molecule has 4 rings (SSSR count). The van der Waals surface area contributed by atoms with Gasteiger partial charge in [0.1, 0.15) is 0 Å². The van der Waals surface area contributed by atoms with E-state index in [1.165, 1.54) is 42.7 Å². The zero-order chi connectivity index (χ0) is 26.1. The van der Waals surface area contributed by atoms with Gasteiger partial charge < -0.3 is 10.2 Å². The SMILES string of the molecule is C[C@H]1CCCN(S(=O)(=O)c2ccc(NC(=O)c3cc(S(=O)(=O)N(C)C)ccc3N3CCCC3)cc2)C1. The molecule has 0 unspecified atom stereocenters. The summed E-state index contributed by atoms with van der Waals surface area (Å²) in [5.41, 5.74) is 1.37. The number of carbonyl (C=O) groups is 1. The van der Waals surface area contributed by atoms with Crippen molar-refractivity contribution in [1.29, 1.82) is 0 Å². The average molecular weight is 535 g/mol. The Labute approximate surface area is 214 Å². The molecule has 36 heavy (non-hydrogen) atoms. The minimum absolute atomic E-state index is 0.0396. The summed E-state index contributed by atoms with van der Waals surface area (Å²) in [6.45, 7) is 4.65. The van der Waals surface area contributed by atoms with Crippen LogP contribution in [0.2, 0.25) is 0 Å². The van der Waals surface area contributed by atoms with Gasteiger partial charge in [0.05, 0.1) is 15.4 Å². The fourth-order valence-electron chi connectivity index (χ4n) is 4.72. The Morgan fingerprint density at radius 3 is 2.17 bits per heavy atom. The molecule has 0 aromatic heterocycles. The highest BCUT2D eigenvalue weighted by molar-refractivity contribution is 7.89. The molecule has 0 aliphatic carbocycles. The number of benzene rings is 2. The first-order chi connectivity index (χ1) is 17.0. The van der Waals surface area contributed by atoms with E-state index in [0.717, 1.165) is 43.1 Å². The van der Waals surface area contributed by atoms with E-state index in [9.17, 15) is 21.6 Å². The number of hydrogen-bond acceptors (Lipinski definition) is 6. The predicted molar refractivity (Wildman–Crippen MR) is 140 cm³/mol. The topological polar surface area (TPSA) is 107 Å². The maximum absolute atomic E-state index is 13.3. The highest BCUT2D eigenvalue weighted by Crippen LogP contribution is 2.29. The summed E-state index contributed by atoms with van der Waals surface area (Å²) in [7, 11) is -4.42. The maximum Gasteiger partial charge on any atom is 0.257 e. The number of rotatable bonds is 7. The molecule has 2 aliphatic heterocycles. The minimum atomic E-state index is -3.72. The van der Waals surface area contributed by atoms with Gasteiger partial charge in [-0.2, -0.15) is 4.31 Å². The average Bonchev–Trinajstić information content (AvgIpc) is 3.39. The molecule has 1 atom stereocenters. The Morgan fingerprint density at radius 1 is 0.917 bits per heavy atom. The molecule has 1 N–H and O–H groups in total. The molecule has 2 aliphatic rings. The molecule has 2 aromatic carbocycles. The second kappa shape index (κ2) is 10.5. The standard InChI is InChI=1S/C25H34N4O5S2/c1-19-7-6-16-29(18-19)36(33,34)21-10-8-20(9-11-21)26-25(30)23-17-22(35(31,32)27(2)3)12-13-24(23)28-14-4-5-15-28/h8-13,17,19H,4-7,14-16,18H2,1-3H3,(H,26,30)/t19-/m0/s1. The molecule has 2 fully saturated rings. The summed E-state index contributed by atoms with van der Waals surface area (Å²) in [4.78, 5) is 15.6. The van der Waals surface area contributed by atoms with Crippen LogP contribution in [0.3, 0.4) is 0 Å². The second-order valence-corrected chi connectivity index (χ2v) is 13.8. The van der Waals surface area contributed by atoms with Crippen LogP contribution in [0.5, 0.6) is 0 Å². The molecule has 0 radical (unpaired) electrons. The molecule has 9 nitrogen and oxygen atoms in total. The molecular formula is C25H34N4O5S2. The van der Waals surface area contributed by atoms with Crippen LogP contribution in [0.1, 0.15) is 43.0 Å². The molecule has 2 heterocycles. The molecule has 2 saturated heterocycles. The molecule has 2 aromatic rings. The van der Waals surface area contributed by atoms with Crippen molar-refractivity contribution in [2.75, 3.05) is 50.5 Å². The van der Waals surface area contributed by atoms with Gasteiger partial charge in [0, 0.05) is 51.6 Å². The largest absolute Gasteiger partial charge is 0.371 e. The van der Waals surface area contributed by atoms with E-state index in [-0.39, 0.29) is 15.4 Å². The van der Waals surface area contributed by atoms with Crippen LogP contribution in [-0.4, -0.2) is 71.6 Å². The normalized spacial score (nSPS) is 19.6. The van der Waals surface area contributed by atoms with Crippen molar-refractivity contribution in [1.82, 2.24) is 8.61 Å². The van der Waals surface area contributed by atoms with Crippen molar-refractivity contribution >= 4 is 37.3 Å². The fourth-order valence-corrected chi connectivity index (χ4v) is 7.25. The van der Waals surface area contributed by atoms with Gasteiger partial charge in [-0.05, 0) is 74.1 Å². The van der Waals surface area contributed by atoms with Crippen molar-refractivity contribution in [2.24, 2.45) is 5.92 Å². The van der Waals surface area contributed by atoms with E-state index >= 15 is 0 Å². The number of piperidine rings is 1. The van der Waals surface area contributed by atoms with Gasteiger partial charge in [-0.1, -0.05) is 6.92 Å². The van der Waals surface area contributed by atoms with Crippen LogP contribution in [-0.2, 0) is 20.0 Å². The smallest absolute Gasteiger partial charge is 0.257 e. The van der Waals surface area contributed by atoms with Gasteiger partial charge >= 0.3 is 0 Å². The lowest BCUT2D eigenvalue weighted by Gasteiger charge is -2.30. The van der Waals surface area contributed by atoms with Crippen LogP contribution < -0.4 is 10.2 Å². The lowest BCUT2D eigenvalue weighted by molar-refractivity contribution is 0.102. The Kier molecular flexibility index (Phi) is 7.75. The Hall–Kier alpha value is -2.47. The first-order valence-corrected chi connectivity index (χ1v) is 15.1. The van der Waals surface area contributed by atoms with Crippen molar-refractivity contribution in [3.05, 3.63) is 48.0 Å². The molecule has 196 valence electrons. The third kappa shape index (κ3) is 5.44. The van der Waals surface area contributed by atoms with Gasteiger partial charge in [-0.3, -0.25) is 4.79 Å². The summed E-state index contributed by atoms with van der Waals surface area (Å²) in [6, 6.07) is 10.8. The van der Waals surface area contributed by atoms with E-state index in [4.69, 9.17) is 0 Å².